The predicted molar refractivity (Wildman–Crippen MR) is 79.0 cm³/mol. The Kier molecular flexibility index (Phi) is 3.40. The molecule has 0 atom stereocenters. The minimum atomic E-state index is 0.453. The van der Waals surface area contributed by atoms with E-state index in [1.807, 2.05) is 24.3 Å². The van der Waals surface area contributed by atoms with Crippen molar-refractivity contribution in [1.29, 1.82) is 0 Å². The summed E-state index contributed by atoms with van der Waals surface area (Å²) in [6.07, 6.45) is 0. The molecule has 0 fully saturated rings. The molecule has 0 unspecified atom stereocenters. The van der Waals surface area contributed by atoms with Crippen LogP contribution in [-0.4, -0.2) is 4.98 Å². The fourth-order valence-electron chi connectivity index (χ4n) is 1.78. The Hall–Kier alpha value is -1.22. The summed E-state index contributed by atoms with van der Waals surface area (Å²) >= 11 is 17.7. The number of aromatic nitrogens is 1. The number of fused-ring (bicyclic) bond motifs is 1. The molecule has 3 aromatic rings. The first-order chi connectivity index (χ1) is 9.17. The van der Waals surface area contributed by atoms with Crippen LogP contribution in [0.4, 0.5) is 0 Å². The summed E-state index contributed by atoms with van der Waals surface area (Å²) in [7, 11) is 0. The van der Waals surface area contributed by atoms with Gasteiger partial charge in [0.25, 0.3) is 0 Å². The van der Waals surface area contributed by atoms with Crippen molar-refractivity contribution < 1.29 is 4.42 Å². The fraction of sp³-hybridized carbons (Fsp3) is 0.0714. The van der Waals surface area contributed by atoms with Crippen LogP contribution in [0.25, 0.3) is 22.6 Å². The molecular weight excluding hydrogens is 305 g/mol. The lowest BCUT2D eigenvalue weighted by Gasteiger charge is -1.97. The van der Waals surface area contributed by atoms with Gasteiger partial charge in [0.1, 0.15) is 5.52 Å². The van der Waals surface area contributed by atoms with E-state index < -0.39 is 0 Å². The Morgan fingerprint density at radius 2 is 1.68 bits per heavy atom. The Bertz CT molecular complexity index is 695. The predicted octanol–water partition coefficient (Wildman–Crippen LogP) is 5.54. The maximum atomic E-state index is 5.95. The van der Waals surface area contributed by atoms with Gasteiger partial charge >= 0.3 is 0 Å². The van der Waals surface area contributed by atoms with Gasteiger partial charge in [-0.3, -0.25) is 0 Å². The van der Waals surface area contributed by atoms with E-state index >= 15 is 0 Å². The molecule has 0 saturated carbocycles. The lowest BCUT2D eigenvalue weighted by molar-refractivity contribution is 0.620. The number of benzene rings is 2. The van der Waals surface area contributed by atoms with Crippen LogP contribution in [0, 0.1) is 0 Å². The first kappa shape index (κ1) is 12.8. The molecule has 1 heterocycles. The van der Waals surface area contributed by atoms with Gasteiger partial charge in [-0.25, -0.2) is 4.98 Å². The first-order valence-corrected chi connectivity index (χ1v) is 6.87. The maximum absolute atomic E-state index is 5.95. The third-order valence-corrected chi connectivity index (χ3v) is 3.82. The summed E-state index contributed by atoms with van der Waals surface area (Å²) in [6, 6.07) is 11.1. The van der Waals surface area contributed by atoms with E-state index in [1.54, 1.807) is 12.1 Å². The normalized spacial score (nSPS) is 11.1. The van der Waals surface area contributed by atoms with Crippen molar-refractivity contribution in [1.82, 2.24) is 4.98 Å². The topological polar surface area (TPSA) is 26.0 Å². The third kappa shape index (κ3) is 2.44. The minimum Gasteiger partial charge on any atom is -0.436 e. The lowest BCUT2D eigenvalue weighted by Crippen LogP contribution is -1.80. The van der Waals surface area contributed by atoms with Crippen molar-refractivity contribution in [2.75, 3.05) is 0 Å². The molecule has 0 N–H and O–H groups in total. The van der Waals surface area contributed by atoms with Gasteiger partial charge in [0.15, 0.2) is 5.58 Å². The molecule has 0 aliphatic heterocycles. The average Bonchev–Trinajstić information content (AvgIpc) is 2.82. The molecule has 0 saturated heterocycles. The number of hydrogen-bond acceptors (Lipinski definition) is 2. The highest BCUT2D eigenvalue weighted by molar-refractivity contribution is 6.42. The minimum absolute atomic E-state index is 0.453. The summed E-state index contributed by atoms with van der Waals surface area (Å²) in [5, 5.41) is 0.917. The van der Waals surface area contributed by atoms with Gasteiger partial charge in [0, 0.05) is 17.5 Å². The zero-order chi connectivity index (χ0) is 13.4. The van der Waals surface area contributed by atoms with Crippen molar-refractivity contribution in [3.8, 4) is 11.5 Å². The number of halogens is 3. The Morgan fingerprint density at radius 3 is 2.37 bits per heavy atom. The molecule has 19 heavy (non-hydrogen) atoms. The van der Waals surface area contributed by atoms with Crippen molar-refractivity contribution in [3.05, 3.63) is 52.0 Å². The lowest BCUT2D eigenvalue weighted by atomic mass is 10.1. The first-order valence-electron chi connectivity index (χ1n) is 5.58. The van der Waals surface area contributed by atoms with Crippen LogP contribution in [0.15, 0.2) is 40.8 Å². The fourth-order valence-corrected chi connectivity index (χ4v) is 2.27. The second-order valence-corrected chi connectivity index (χ2v) is 5.17. The molecule has 3 rings (SSSR count). The quantitative estimate of drug-likeness (QED) is 0.581. The summed E-state index contributed by atoms with van der Waals surface area (Å²) in [5.74, 6) is 1.02. The maximum Gasteiger partial charge on any atom is 0.227 e. The molecule has 0 aliphatic rings. The molecule has 0 radical (unpaired) electrons. The summed E-state index contributed by atoms with van der Waals surface area (Å²) in [4.78, 5) is 4.40. The number of hydrogen-bond donors (Lipinski definition) is 0. The van der Waals surface area contributed by atoms with E-state index in [-0.39, 0.29) is 0 Å². The summed E-state index contributed by atoms with van der Waals surface area (Å²) < 4.78 is 5.68. The molecule has 0 aliphatic carbocycles. The Balaban J connectivity index is 2.09. The summed E-state index contributed by atoms with van der Waals surface area (Å²) in [6.45, 7) is 0. The third-order valence-electron chi connectivity index (χ3n) is 2.79. The second kappa shape index (κ2) is 5.04. The van der Waals surface area contributed by atoms with Crippen LogP contribution < -0.4 is 0 Å². The highest BCUT2D eigenvalue weighted by atomic mass is 35.5. The highest BCUT2D eigenvalue weighted by Gasteiger charge is 2.10. The number of nitrogens with zero attached hydrogens (tertiary/aromatic N) is 1. The molecule has 2 nitrogen and oxygen atoms in total. The van der Waals surface area contributed by atoms with Gasteiger partial charge in [0.2, 0.25) is 5.89 Å². The van der Waals surface area contributed by atoms with E-state index in [0.29, 0.717) is 32.9 Å². The highest BCUT2D eigenvalue weighted by Crippen LogP contribution is 2.31. The summed E-state index contributed by atoms with van der Waals surface area (Å²) in [5.41, 5.74) is 3.24. The SMILES string of the molecule is ClCc1ccc(-c2nc3cc(Cl)c(Cl)cc3o2)cc1. The van der Waals surface area contributed by atoms with E-state index in [4.69, 9.17) is 39.2 Å². The van der Waals surface area contributed by atoms with Crippen LogP contribution in [0.2, 0.25) is 10.0 Å². The van der Waals surface area contributed by atoms with E-state index in [9.17, 15) is 0 Å². The Morgan fingerprint density at radius 1 is 1.00 bits per heavy atom. The molecule has 0 spiro atoms. The number of rotatable bonds is 2. The van der Waals surface area contributed by atoms with Crippen LogP contribution >= 0.6 is 34.8 Å². The number of alkyl halides is 1. The second-order valence-electron chi connectivity index (χ2n) is 4.08. The number of oxazole rings is 1. The molecule has 96 valence electrons. The smallest absolute Gasteiger partial charge is 0.227 e. The molecule has 0 bridgehead atoms. The van der Waals surface area contributed by atoms with E-state index in [0.717, 1.165) is 11.1 Å². The molecule has 5 heteroatoms. The van der Waals surface area contributed by atoms with Crippen molar-refractivity contribution in [3.63, 3.8) is 0 Å². The van der Waals surface area contributed by atoms with E-state index in [1.165, 1.54) is 0 Å². The Labute approximate surface area is 124 Å². The standard InChI is InChI=1S/C14H8Cl3NO/c15-7-8-1-3-9(4-2-8)14-18-12-5-10(16)11(17)6-13(12)19-14/h1-6H,7H2. The monoisotopic (exact) mass is 311 g/mol. The van der Waals surface area contributed by atoms with Gasteiger partial charge < -0.3 is 4.42 Å². The van der Waals surface area contributed by atoms with Gasteiger partial charge in [-0.05, 0) is 23.8 Å². The van der Waals surface area contributed by atoms with Gasteiger partial charge in [-0.1, -0.05) is 35.3 Å². The van der Waals surface area contributed by atoms with Crippen LogP contribution in [-0.2, 0) is 5.88 Å². The van der Waals surface area contributed by atoms with Gasteiger partial charge in [-0.2, -0.15) is 0 Å². The average molecular weight is 313 g/mol. The molecule has 2 aromatic carbocycles. The van der Waals surface area contributed by atoms with Gasteiger partial charge in [-0.15, -0.1) is 11.6 Å². The molecule has 0 amide bonds. The largest absolute Gasteiger partial charge is 0.436 e. The van der Waals surface area contributed by atoms with Crippen LogP contribution in [0.1, 0.15) is 5.56 Å². The van der Waals surface area contributed by atoms with Crippen LogP contribution in [0.5, 0.6) is 0 Å². The van der Waals surface area contributed by atoms with Gasteiger partial charge in [0.05, 0.1) is 10.0 Å². The molecule has 1 aromatic heterocycles. The van der Waals surface area contributed by atoms with Crippen LogP contribution in [0.3, 0.4) is 0 Å². The van der Waals surface area contributed by atoms with E-state index in [2.05, 4.69) is 4.98 Å². The zero-order valence-corrected chi connectivity index (χ0v) is 11.9. The van der Waals surface area contributed by atoms with Crippen molar-refractivity contribution >= 4 is 45.9 Å². The van der Waals surface area contributed by atoms with Crippen molar-refractivity contribution in [2.45, 2.75) is 5.88 Å². The zero-order valence-electron chi connectivity index (χ0n) is 9.66. The molecular formula is C14H8Cl3NO. The van der Waals surface area contributed by atoms with Crippen molar-refractivity contribution in [2.24, 2.45) is 0 Å².